The molecule has 1 fully saturated rings. The first-order valence-electron chi connectivity index (χ1n) is 6.63. The number of nitrogens with one attached hydrogen (secondary N) is 1. The van der Waals surface area contributed by atoms with Crippen LogP contribution in [0.3, 0.4) is 0 Å². The van der Waals surface area contributed by atoms with Crippen LogP contribution in [0.15, 0.2) is 6.20 Å². The molecule has 4 heteroatoms. The molecule has 0 amide bonds. The standard InChI is InChI=1S/C13H24N4/c1-5-11-13(9-16(4)15-11)17-7-6-14-8-12(17)10(2)3/h9-10,12,14H,5-8H2,1-4H3. The second kappa shape index (κ2) is 5.08. The third-order valence-electron chi connectivity index (χ3n) is 3.58. The lowest BCUT2D eigenvalue weighted by atomic mass is 9.99. The maximum absolute atomic E-state index is 4.55. The first kappa shape index (κ1) is 12.4. The molecule has 96 valence electrons. The highest BCUT2D eigenvalue weighted by Crippen LogP contribution is 2.25. The van der Waals surface area contributed by atoms with Gasteiger partial charge in [-0.25, -0.2) is 0 Å². The molecule has 1 aromatic rings. The molecular weight excluding hydrogens is 212 g/mol. The zero-order valence-corrected chi connectivity index (χ0v) is 11.4. The summed E-state index contributed by atoms with van der Waals surface area (Å²) in [7, 11) is 2.01. The molecule has 1 aliphatic rings. The summed E-state index contributed by atoms with van der Waals surface area (Å²) in [4.78, 5) is 2.53. The van der Waals surface area contributed by atoms with Gasteiger partial charge >= 0.3 is 0 Å². The van der Waals surface area contributed by atoms with E-state index in [1.54, 1.807) is 0 Å². The fraction of sp³-hybridized carbons (Fsp3) is 0.769. The molecule has 1 unspecified atom stereocenters. The maximum Gasteiger partial charge on any atom is 0.0855 e. The van der Waals surface area contributed by atoms with Crippen molar-refractivity contribution in [2.24, 2.45) is 13.0 Å². The molecule has 1 N–H and O–H groups in total. The van der Waals surface area contributed by atoms with Gasteiger partial charge < -0.3 is 10.2 Å². The molecule has 0 aliphatic carbocycles. The highest BCUT2D eigenvalue weighted by molar-refractivity contribution is 5.51. The van der Waals surface area contributed by atoms with Crippen molar-refractivity contribution in [2.75, 3.05) is 24.5 Å². The van der Waals surface area contributed by atoms with E-state index in [0.29, 0.717) is 12.0 Å². The highest BCUT2D eigenvalue weighted by atomic mass is 15.3. The molecule has 1 aliphatic heterocycles. The summed E-state index contributed by atoms with van der Waals surface area (Å²) in [6, 6.07) is 0.582. The van der Waals surface area contributed by atoms with Gasteiger partial charge in [-0.15, -0.1) is 0 Å². The van der Waals surface area contributed by atoms with Crippen LogP contribution in [0.1, 0.15) is 26.5 Å². The minimum Gasteiger partial charge on any atom is -0.363 e. The fourth-order valence-corrected chi connectivity index (χ4v) is 2.63. The third kappa shape index (κ3) is 2.46. The van der Waals surface area contributed by atoms with E-state index in [-0.39, 0.29) is 0 Å². The summed E-state index contributed by atoms with van der Waals surface area (Å²) >= 11 is 0. The van der Waals surface area contributed by atoms with Crippen LogP contribution >= 0.6 is 0 Å². The van der Waals surface area contributed by atoms with E-state index in [1.165, 1.54) is 11.4 Å². The first-order valence-corrected chi connectivity index (χ1v) is 6.63. The van der Waals surface area contributed by atoms with Gasteiger partial charge in [-0.05, 0) is 12.3 Å². The van der Waals surface area contributed by atoms with Crippen LogP contribution in [0.25, 0.3) is 0 Å². The number of aryl methyl sites for hydroxylation is 2. The molecule has 1 aromatic heterocycles. The second-order valence-corrected chi connectivity index (χ2v) is 5.20. The van der Waals surface area contributed by atoms with Crippen LogP contribution in [0, 0.1) is 5.92 Å². The predicted octanol–water partition coefficient (Wildman–Crippen LogP) is 1.42. The SMILES string of the molecule is CCc1nn(C)cc1N1CCNCC1C(C)C. The lowest BCUT2D eigenvalue weighted by Gasteiger charge is -2.40. The van der Waals surface area contributed by atoms with E-state index in [0.717, 1.165) is 26.1 Å². The summed E-state index contributed by atoms with van der Waals surface area (Å²) < 4.78 is 1.94. The fourth-order valence-electron chi connectivity index (χ4n) is 2.63. The molecule has 0 bridgehead atoms. The zero-order chi connectivity index (χ0) is 12.4. The van der Waals surface area contributed by atoms with Crippen molar-refractivity contribution < 1.29 is 0 Å². The molecule has 1 atom stereocenters. The Hall–Kier alpha value is -1.03. The smallest absolute Gasteiger partial charge is 0.0855 e. The van der Waals surface area contributed by atoms with Crippen molar-refractivity contribution in [3.05, 3.63) is 11.9 Å². The third-order valence-corrected chi connectivity index (χ3v) is 3.58. The topological polar surface area (TPSA) is 33.1 Å². The molecule has 2 heterocycles. The Kier molecular flexibility index (Phi) is 3.72. The normalized spacial score (nSPS) is 21.2. The van der Waals surface area contributed by atoms with Gasteiger partial charge in [0.15, 0.2) is 0 Å². The van der Waals surface area contributed by atoms with Crippen molar-refractivity contribution in [1.82, 2.24) is 15.1 Å². The number of hydrogen-bond acceptors (Lipinski definition) is 3. The Morgan fingerprint density at radius 2 is 2.29 bits per heavy atom. The van der Waals surface area contributed by atoms with E-state index in [9.17, 15) is 0 Å². The van der Waals surface area contributed by atoms with Crippen LogP contribution in [0.4, 0.5) is 5.69 Å². The van der Waals surface area contributed by atoms with E-state index >= 15 is 0 Å². The molecule has 0 aromatic carbocycles. The van der Waals surface area contributed by atoms with Crippen LogP contribution in [-0.4, -0.2) is 35.5 Å². The molecule has 17 heavy (non-hydrogen) atoms. The number of nitrogens with zero attached hydrogens (tertiary/aromatic N) is 3. The molecular formula is C13H24N4. The maximum atomic E-state index is 4.55. The second-order valence-electron chi connectivity index (χ2n) is 5.20. The van der Waals surface area contributed by atoms with Crippen LogP contribution in [0.2, 0.25) is 0 Å². The van der Waals surface area contributed by atoms with Crippen molar-refractivity contribution in [2.45, 2.75) is 33.2 Å². The molecule has 2 rings (SSSR count). The molecule has 0 saturated carbocycles. The summed E-state index contributed by atoms with van der Waals surface area (Å²) in [5.74, 6) is 0.660. The first-order chi connectivity index (χ1) is 8.13. The van der Waals surface area contributed by atoms with Gasteiger partial charge in [-0.3, -0.25) is 4.68 Å². The number of rotatable bonds is 3. The largest absolute Gasteiger partial charge is 0.363 e. The zero-order valence-electron chi connectivity index (χ0n) is 11.4. The van der Waals surface area contributed by atoms with Crippen LogP contribution in [-0.2, 0) is 13.5 Å². The number of anilines is 1. The highest BCUT2D eigenvalue weighted by Gasteiger charge is 2.27. The van der Waals surface area contributed by atoms with Gasteiger partial charge in [0.2, 0.25) is 0 Å². The minimum absolute atomic E-state index is 0.582. The minimum atomic E-state index is 0.582. The summed E-state index contributed by atoms with van der Waals surface area (Å²) in [6.45, 7) is 10.0. The predicted molar refractivity (Wildman–Crippen MR) is 71.4 cm³/mol. The lowest BCUT2D eigenvalue weighted by molar-refractivity contribution is 0.390. The van der Waals surface area contributed by atoms with Crippen molar-refractivity contribution in [3.63, 3.8) is 0 Å². The van der Waals surface area contributed by atoms with Crippen molar-refractivity contribution >= 4 is 5.69 Å². The average molecular weight is 236 g/mol. The van der Waals surface area contributed by atoms with E-state index in [2.05, 4.69) is 42.3 Å². The van der Waals surface area contributed by atoms with Crippen LogP contribution in [0.5, 0.6) is 0 Å². The quantitative estimate of drug-likeness (QED) is 0.861. The number of aromatic nitrogens is 2. The van der Waals surface area contributed by atoms with Gasteiger partial charge in [0.25, 0.3) is 0 Å². The van der Waals surface area contributed by atoms with E-state index in [4.69, 9.17) is 0 Å². The summed E-state index contributed by atoms with van der Waals surface area (Å²) in [5, 5.41) is 8.04. The summed E-state index contributed by atoms with van der Waals surface area (Å²) in [5.41, 5.74) is 2.55. The Morgan fingerprint density at radius 1 is 1.53 bits per heavy atom. The van der Waals surface area contributed by atoms with Gasteiger partial charge in [0, 0.05) is 38.9 Å². The van der Waals surface area contributed by atoms with E-state index < -0.39 is 0 Å². The Balaban J connectivity index is 2.28. The molecule has 0 radical (unpaired) electrons. The van der Waals surface area contributed by atoms with Gasteiger partial charge in [-0.1, -0.05) is 20.8 Å². The van der Waals surface area contributed by atoms with Gasteiger partial charge in [0.1, 0.15) is 0 Å². The monoisotopic (exact) mass is 236 g/mol. The average Bonchev–Trinajstić information content (AvgIpc) is 2.70. The molecule has 1 saturated heterocycles. The van der Waals surface area contributed by atoms with Crippen LogP contribution < -0.4 is 10.2 Å². The molecule has 4 nitrogen and oxygen atoms in total. The van der Waals surface area contributed by atoms with E-state index in [1.807, 2.05) is 11.7 Å². The Bertz CT molecular complexity index is 369. The molecule has 0 spiro atoms. The van der Waals surface area contributed by atoms with Gasteiger partial charge in [0.05, 0.1) is 11.4 Å². The summed E-state index contributed by atoms with van der Waals surface area (Å²) in [6.07, 6.45) is 3.17. The van der Waals surface area contributed by atoms with Crippen molar-refractivity contribution in [1.29, 1.82) is 0 Å². The number of hydrogen-bond donors (Lipinski definition) is 1. The van der Waals surface area contributed by atoms with Crippen molar-refractivity contribution in [3.8, 4) is 0 Å². The lowest BCUT2D eigenvalue weighted by Crippen LogP contribution is -2.53. The Morgan fingerprint density at radius 3 is 2.94 bits per heavy atom. The Labute approximate surface area is 104 Å². The van der Waals surface area contributed by atoms with Gasteiger partial charge in [-0.2, -0.15) is 5.10 Å². The number of piperazine rings is 1.